The van der Waals surface area contributed by atoms with Crippen molar-refractivity contribution in [2.75, 3.05) is 0 Å². The van der Waals surface area contributed by atoms with Gasteiger partial charge in [-0.3, -0.25) is 0 Å². The van der Waals surface area contributed by atoms with Gasteiger partial charge in [0.1, 0.15) is 5.15 Å². The van der Waals surface area contributed by atoms with Gasteiger partial charge in [0.05, 0.1) is 16.0 Å². The SMILES string of the molecule is [O-][n+]1cc2cc(Cl)ncc2cc1-c1ccccc1Cl. The second-order valence-corrected chi connectivity index (χ2v) is 4.89. The van der Waals surface area contributed by atoms with E-state index in [4.69, 9.17) is 23.2 Å². The van der Waals surface area contributed by atoms with Gasteiger partial charge >= 0.3 is 0 Å². The Hall–Kier alpha value is -1.84. The van der Waals surface area contributed by atoms with Gasteiger partial charge in [-0.25, -0.2) is 4.98 Å². The molecule has 0 atom stereocenters. The van der Waals surface area contributed by atoms with E-state index in [9.17, 15) is 5.21 Å². The molecule has 3 nitrogen and oxygen atoms in total. The molecule has 0 fully saturated rings. The van der Waals surface area contributed by atoms with Crippen molar-refractivity contribution in [3.05, 3.63) is 64.2 Å². The zero-order valence-electron chi connectivity index (χ0n) is 9.68. The van der Waals surface area contributed by atoms with E-state index in [0.717, 1.165) is 15.5 Å². The molecule has 0 saturated heterocycles. The van der Waals surface area contributed by atoms with Gasteiger partial charge in [0.2, 0.25) is 5.69 Å². The van der Waals surface area contributed by atoms with Crippen molar-refractivity contribution in [2.45, 2.75) is 0 Å². The molecule has 0 N–H and O–H groups in total. The van der Waals surface area contributed by atoms with Crippen LogP contribution in [-0.4, -0.2) is 4.98 Å². The fraction of sp³-hybridized carbons (Fsp3) is 0. The maximum Gasteiger partial charge on any atom is 0.225 e. The van der Waals surface area contributed by atoms with Crippen molar-refractivity contribution < 1.29 is 4.73 Å². The number of benzene rings is 1. The first-order chi connectivity index (χ1) is 9.15. The molecule has 0 saturated carbocycles. The highest BCUT2D eigenvalue weighted by Crippen LogP contribution is 2.27. The molecular formula is C14H8Cl2N2O. The third kappa shape index (κ3) is 2.23. The summed E-state index contributed by atoms with van der Waals surface area (Å²) in [6, 6.07) is 10.6. The van der Waals surface area contributed by atoms with E-state index < -0.39 is 0 Å². The van der Waals surface area contributed by atoms with Crippen LogP contribution in [-0.2, 0) is 0 Å². The lowest BCUT2D eigenvalue weighted by atomic mass is 10.1. The lowest BCUT2D eigenvalue weighted by molar-refractivity contribution is -0.592. The number of halogens is 2. The summed E-state index contributed by atoms with van der Waals surface area (Å²) in [5, 5.41) is 14.6. The van der Waals surface area contributed by atoms with Crippen LogP contribution in [0.2, 0.25) is 10.2 Å². The first-order valence-electron chi connectivity index (χ1n) is 5.58. The molecule has 0 radical (unpaired) electrons. The molecule has 2 heterocycles. The average Bonchev–Trinajstić information content (AvgIpc) is 2.39. The van der Waals surface area contributed by atoms with E-state index in [1.54, 1.807) is 30.5 Å². The Morgan fingerprint density at radius 1 is 1.05 bits per heavy atom. The summed E-state index contributed by atoms with van der Waals surface area (Å²) in [4.78, 5) is 4.02. The quantitative estimate of drug-likeness (QED) is 0.388. The van der Waals surface area contributed by atoms with Crippen LogP contribution in [0.4, 0.5) is 0 Å². The van der Waals surface area contributed by atoms with Crippen molar-refractivity contribution in [1.29, 1.82) is 0 Å². The first-order valence-corrected chi connectivity index (χ1v) is 6.34. The van der Waals surface area contributed by atoms with E-state index in [1.165, 1.54) is 6.20 Å². The summed E-state index contributed by atoms with van der Waals surface area (Å²) in [7, 11) is 0. The minimum atomic E-state index is 0.359. The minimum absolute atomic E-state index is 0.359. The molecular weight excluding hydrogens is 283 g/mol. The number of hydrogen-bond donors (Lipinski definition) is 0. The molecule has 0 unspecified atom stereocenters. The van der Waals surface area contributed by atoms with Gasteiger partial charge < -0.3 is 5.21 Å². The Labute approximate surface area is 119 Å². The Morgan fingerprint density at radius 3 is 2.63 bits per heavy atom. The molecule has 94 valence electrons. The van der Waals surface area contributed by atoms with E-state index in [-0.39, 0.29) is 0 Å². The molecule has 0 aliphatic carbocycles. The molecule has 3 rings (SSSR count). The summed E-state index contributed by atoms with van der Waals surface area (Å²) in [6.45, 7) is 0. The smallest absolute Gasteiger partial charge is 0.225 e. The maximum atomic E-state index is 12.1. The Balaban J connectivity index is 2.28. The van der Waals surface area contributed by atoms with Crippen molar-refractivity contribution in [1.82, 2.24) is 4.98 Å². The number of aromatic nitrogens is 2. The van der Waals surface area contributed by atoms with Gasteiger partial charge in [-0.15, -0.1) is 0 Å². The molecule has 0 aliphatic rings. The van der Waals surface area contributed by atoms with Crippen LogP contribution in [0.3, 0.4) is 0 Å². The fourth-order valence-electron chi connectivity index (χ4n) is 1.96. The van der Waals surface area contributed by atoms with Crippen LogP contribution in [0, 0.1) is 5.21 Å². The van der Waals surface area contributed by atoms with Gasteiger partial charge in [-0.1, -0.05) is 35.3 Å². The zero-order chi connectivity index (χ0) is 13.4. The zero-order valence-corrected chi connectivity index (χ0v) is 11.2. The predicted molar refractivity (Wildman–Crippen MR) is 76.2 cm³/mol. The van der Waals surface area contributed by atoms with Gasteiger partial charge in [0.25, 0.3) is 0 Å². The highest BCUT2D eigenvalue weighted by atomic mass is 35.5. The van der Waals surface area contributed by atoms with Crippen LogP contribution in [0.25, 0.3) is 22.0 Å². The Bertz CT molecular complexity index is 774. The Kier molecular flexibility index (Phi) is 3.01. The summed E-state index contributed by atoms with van der Waals surface area (Å²) < 4.78 is 0.792. The molecule has 0 spiro atoms. The Morgan fingerprint density at radius 2 is 1.84 bits per heavy atom. The molecule has 0 aliphatic heterocycles. The van der Waals surface area contributed by atoms with Crippen molar-refractivity contribution >= 4 is 34.0 Å². The largest absolute Gasteiger partial charge is 0.618 e. The molecule has 0 bridgehead atoms. The molecule has 5 heteroatoms. The van der Waals surface area contributed by atoms with Gasteiger partial charge in [-0.2, -0.15) is 4.73 Å². The van der Waals surface area contributed by atoms with Gasteiger partial charge in [-0.05, 0) is 18.2 Å². The van der Waals surface area contributed by atoms with Crippen molar-refractivity contribution in [2.24, 2.45) is 0 Å². The monoisotopic (exact) mass is 290 g/mol. The van der Waals surface area contributed by atoms with Crippen LogP contribution in [0.5, 0.6) is 0 Å². The van der Waals surface area contributed by atoms with Crippen molar-refractivity contribution in [3.63, 3.8) is 0 Å². The molecule has 2 aromatic heterocycles. The normalized spacial score (nSPS) is 10.8. The molecule has 1 aromatic carbocycles. The standard InChI is InChI=1S/C14H8Cl2N2O/c15-12-4-2-1-3-11(12)13-5-9-7-17-14(16)6-10(9)8-18(13)19/h1-8H. The van der Waals surface area contributed by atoms with Crippen molar-refractivity contribution in [3.8, 4) is 11.3 Å². The number of rotatable bonds is 1. The topological polar surface area (TPSA) is 39.8 Å². The molecule has 0 amide bonds. The second kappa shape index (κ2) is 4.68. The molecule has 19 heavy (non-hydrogen) atoms. The van der Waals surface area contributed by atoms with Gasteiger partial charge in [0, 0.05) is 17.6 Å². The van der Waals surface area contributed by atoms with Crippen LogP contribution < -0.4 is 4.73 Å². The fourth-order valence-corrected chi connectivity index (χ4v) is 2.36. The summed E-state index contributed by atoms with van der Waals surface area (Å²) >= 11 is 11.9. The van der Waals surface area contributed by atoms with E-state index >= 15 is 0 Å². The number of pyridine rings is 2. The van der Waals surface area contributed by atoms with E-state index in [1.807, 2.05) is 12.1 Å². The van der Waals surface area contributed by atoms with Gasteiger partial charge in [0.15, 0.2) is 6.20 Å². The summed E-state index contributed by atoms with van der Waals surface area (Å²) in [5.41, 5.74) is 1.18. The van der Waals surface area contributed by atoms with Crippen LogP contribution in [0.15, 0.2) is 48.8 Å². The number of fused-ring (bicyclic) bond motifs is 1. The first kappa shape index (κ1) is 12.2. The van der Waals surface area contributed by atoms with Crippen LogP contribution >= 0.6 is 23.2 Å². The minimum Gasteiger partial charge on any atom is -0.618 e. The second-order valence-electron chi connectivity index (χ2n) is 4.10. The third-order valence-electron chi connectivity index (χ3n) is 2.87. The van der Waals surface area contributed by atoms with E-state index in [2.05, 4.69) is 4.98 Å². The molecule has 3 aromatic rings. The lowest BCUT2D eigenvalue weighted by Gasteiger charge is -2.07. The summed E-state index contributed by atoms with van der Waals surface area (Å²) in [5.74, 6) is 0. The lowest BCUT2D eigenvalue weighted by Crippen LogP contribution is -2.28. The maximum absolute atomic E-state index is 12.1. The average molecular weight is 291 g/mol. The summed E-state index contributed by atoms with van der Waals surface area (Å²) in [6.07, 6.45) is 3.11. The third-order valence-corrected chi connectivity index (χ3v) is 3.41. The predicted octanol–water partition coefficient (Wildman–Crippen LogP) is 3.84. The van der Waals surface area contributed by atoms with Crippen LogP contribution in [0.1, 0.15) is 0 Å². The van der Waals surface area contributed by atoms with E-state index in [0.29, 0.717) is 21.4 Å². The number of hydrogen-bond acceptors (Lipinski definition) is 2. The highest BCUT2D eigenvalue weighted by Gasteiger charge is 2.14. The highest BCUT2D eigenvalue weighted by molar-refractivity contribution is 6.33. The number of nitrogens with zero attached hydrogens (tertiary/aromatic N) is 2.